The third-order valence-corrected chi connectivity index (χ3v) is 6.59. The molecule has 6 nitrogen and oxygen atoms in total. The molecule has 32 heavy (non-hydrogen) atoms. The molecule has 1 aliphatic carbocycles. The number of allylic oxidation sites excluding steroid dienone is 3. The van der Waals surface area contributed by atoms with Crippen molar-refractivity contribution in [2.45, 2.75) is 39.5 Å². The number of carbonyl (C=O) groups is 2. The number of thioether (sulfide) groups is 1. The second-order valence-electron chi connectivity index (χ2n) is 8.90. The van der Waals surface area contributed by atoms with Gasteiger partial charge in [0.2, 0.25) is 5.91 Å². The first kappa shape index (κ1) is 22.0. The van der Waals surface area contributed by atoms with Crippen LogP contribution < -0.4 is 10.6 Å². The number of hydrogen-bond donors (Lipinski definition) is 2. The quantitative estimate of drug-likeness (QED) is 0.668. The Balaban J connectivity index is 1.64. The number of nitrogens with one attached hydrogen (secondary N) is 2. The van der Waals surface area contributed by atoms with E-state index in [0.717, 1.165) is 17.1 Å². The van der Waals surface area contributed by atoms with Crippen LogP contribution in [0.25, 0.3) is 0 Å². The van der Waals surface area contributed by atoms with Crippen molar-refractivity contribution in [2.24, 2.45) is 5.41 Å². The predicted octanol–water partition coefficient (Wildman–Crippen LogP) is 5.03. The Bertz CT molecular complexity index is 1170. The Morgan fingerprint density at radius 3 is 2.66 bits per heavy atom. The summed E-state index contributed by atoms with van der Waals surface area (Å²) in [6, 6.07) is 15.2. The standard InChI is InChI=1S/C25H25N3O3S/c1-15-9-10-20(31-15)22-17(13-26)24(28-18-11-25(2,3)12-19(29)23(18)22)32-14-21(30)27-16-7-5-4-6-8-16/h4-10,22,28H,11-12,14H2,1-3H3,(H,27,30). The van der Waals surface area contributed by atoms with E-state index in [0.29, 0.717) is 34.8 Å². The lowest BCUT2D eigenvalue weighted by Gasteiger charge is -2.38. The number of rotatable bonds is 5. The van der Waals surface area contributed by atoms with Gasteiger partial charge in [-0.3, -0.25) is 9.59 Å². The van der Waals surface area contributed by atoms with Crippen molar-refractivity contribution in [3.63, 3.8) is 0 Å². The summed E-state index contributed by atoms with van der Waals surface area (Å²) in [5.74, 6) is 0.727. The first-order valence-electron chi connectivity index (χ1n) is 10.5. The van der Waals surface area contributed by atoms with Gasteiger partial charge in [0, 0.05) is 23.4 Å². The maximum absolute atomic E-state index is 13.1. The third-order valence-electron chi connectivity index (χ3n) is 5.58. The molecular weight excluding hydrogens is 422 g/mol. The predicted molar refractivity (Wildman–Crippen MR) is 125 cm³/mol. The molecule has 1 unspecified atom stereocenters. The molecule has 0 spiro atoms. The Labute approximate surface area is 191 Å². The highest BCUT2D eigenvalue weighted by Crippen LogP contribution is 2.48. The minimum Gasteiger partial charge on any atom is -0.465 e. The first-order chi connectivity index (χ1) is 15.3. The zero-order chi connectivity index (χ0) is 22.9. The maximum atomic E-state index is 13.1. The number of dihydropyridines is 1. The molecule has 0 radical (unpaired) electrons. The minimum absolute atomic E-state index is 0.0291. The molecule has 2 heterocycles. The summed E-state index contributed by atoms with van der Waals surface area (Å²) >= 11 is 1.27. The van der Waals surface area contributed by atoms with Crippen molar-refractivity contribution < 1.29 is 14.0 Å². The summed E-state index contributed by atoms with van der Waals surface area (Å²) in [5.41, 5.74) is 2.36. The van der Waals surface area contributed by atoms with Crippen LogP contribution in [0.5, 0.6) is 0 Å². The molecule has 1 aromatic heterocycles. The average Bonchev–Trinajstić information content (AvgIpc) is 3.17. The molecule has 2 aliphatic rings. The Morgan fingerprint density at radius 2 is 2.00 bits per heavy atom. The molecule has 0 saturated carbocycles. The summed E-state index contributed by atoms with van der Waals surface area (Å²) in [4.78, 5) is 25.6. The van der Waals surface area contributed by atoms with Crippen molar-refractivity contribution in [3.05, 3.63) is 75.9 Å². The van der Waals surface area contributed by atoms with E-state index in [1.807, 2.05) is 49.4 Å². The monoisotopic (exact) mass is 447 g/mol. The van der Waals surface area contributed by atoms with Crippen molar-refractivity contribution in [2.75, 3.05) is 11.1 Å². The summed E-state index contributed by atoms with van der Waals surface area (Å²) in [6.45, 7) is 5.96. The Kier molecular flexibility index (Phi) is 5.98. The molecule has 1 aliphatic heterocycles. The number of ketones is 1. The number of aryl methyl sites for hydroxylation is 1. The fourth-order valence-electron chi connectivity index (χ4n) is 4.24. The molecule has 0 bridgehead atoms. The summed E-state index contributed by atoms with van der Waals surface area (Å²) in [7, 11) is 0. The number of para-hydroxylation sites is 1. The van der Waals surface area contributed by atoms with E-state index in [1.54, 1.807) is 0 Å². The molecule has 0 saturated heterocycles. The summed E-state index contributed by atoms with van der Waals surface area (Å²) < 4.78 is 5.87. The van der Waals surface area contributed by atoms with E-state index in [1.165, 1.54) is 11.8 Å². The van der Waals surface area contributed by atoms with Gasteiger partial charge in [-0.15, -0.1) is 0 Å². The smallest absolute Gasteiger partial charge is 0.234 e. The lowest BCUT2D eigenvalue weighted by molar-refractivity contribution is -0.118. The molecule has 2 N–H and O–H groups in total. The maximum Gasteiger partial charge on any atom is 0.234 e. The number of amides is 1. The normalized spacial score (nSPS) is 19.8. The molecule has 1 aromatic carbocycles. The van der Waals surface area contributed by atoms with Crippen molar-refractivity contribution in [1.82, 2.24) is 5.32 Å². The van der Waals surface area contributed by atoms with Crippen LogP contribution in [-0.4, -0.2) is 17.4 Å². The average molecular weight is 448 g/mol. The van der Waals surface area contributed by atoms with Gasteiger partial charge in [-0.25, -0.2) is 0 Å². The van der Waals surface area contributed by atoms with Gasteiger partial charge in [-0.05, 0) is 43.0 Å². The Hall–Kier alpha value is -3.24. The van der Waals surface area contributed by atoms with Gasteiger partial charge in [-0.1, -0.05) is 43.8 Å². The first-order valence-corrected chi connectivity index (χ1v) is 11.5. The topological polar surface area (TPSA) is 95.1 Å². The van der Waals surface area contributed by atoms with Gasteiger partial charge in [0.15, 0.2) is 5.78 Å². The van der Waals surface area contributed by atoms with E-state index in [9.17, 15) is 14.9 Å². The number of nitrogens with zero attached hydrogens (tertiary/aromatic N) is 1. The Morgan fingerprint density at radius 1 is 1.25 bits per heavy atom. The molecule has 164 valence electrons. The van der Waals surface area contributed by atoms with Crippen molar-refractivity contribution >= 4 is 29.1 Å². The molecule has 4 rings (SSSR count). The van der Waals surface area contributed by atoms with Gasteiger partial charge in [0.1, 0.15) is 11.5 Å². The summed E-state index contributed by atoms with van der Waals surface area (Å²) in [5, 5.41) is 16.8. The fourth-order valence-corrected chi connectivity index (χ4v) is 5.10. The highest BCUT2D eigenvalue weighted by Gasteiger charge is 2.43. The van der Waals surface area contributed by atoms with E-state index in [4.69, 9.17) is 4.42 Å². The summed E-state index contributed by atoms with van der Waals surface area (Å²) in [6.07, 6.45) is 1.10. The van der Waals surface area contributed by atoms with Crippen LogP contribution in [0.2, 0.25) is 0 Å². The molecule has 1 amide bonds. The van der Waals surface area contributed by atoms with Gasteiger partial charge in [-0.2, -0.15) is 5.26 Å². The van der Waals surface area contributed by atoms with Gasteiger partial charge >= 0.3 is 0 Å². The number of anilines is 1. The van der Waals surface area contributed by atoms with E-state index in [-0.39, 0.29) is 22.9 Å². The second kappa shape index (κ2) is 8.71. The number of Topliss-reactive ketones (excluding diaryl/α,β-unsaturated/α-hetero) is 1. The second-order valence-corrected chi connectivity index (χ2v) is 9.88. The van der Waals surface area contributed by atoms with E-state index < -0.39 is 5.92 Å². The third kappa shape index (κ3) is 4.51. The van der Waals surface area contributed by atoms with Gasteiger partial charge in [0.25, 0.3) is 0 Å². The lowest BCUT2D eigenvalue weighted by atomic mass is 9.70. The van der Waals surface area contributed by atoms with Crippen LogP contribution in [0.1, 0.15) is 44.1 Å². The van der Waals surface area contributed by atoms with Crippen LogP contribution in [0.4, 0.5) is 5.69 Å². The van der Waals surface area contributed by atoms with Gasteiger partial charge < -0.3 is 15.1 Å². The number of carbonyl (C=O) groups excluding carboxylic acids is 2. The number of benzene rings is 1. The number of furan rings is 1. The minimum atomic E-state index is -0.562. The SMILES string of the molecule is Cc1ccc(C2C(C#N)=C(SCC(=O)Nc3ccccc3)NC3=C2C(=O)CC(C)(C)C3)o1. The lowest BCUT2D eigenvalue weighted by Crippen LogP contribution is -2.37. The van der Waals surface area contributed by atoms with Crippen LogP contribution in [0, 0.1) is 23.7 Å². The van der Waals surface area contributed by atoms with E-state index >= 15 is 0 Å². The van der Waals surface area contributed by atoms with Crippen LogP contribution in [-0.2, 0) is 9.59 Å². The molecule has 1 atom stereocenters. The van der Waals surface area contributed by atoms with Crippen molar-refractivity contribution in [1.29, 1.82) is 5.26 Å². The zero-order valence-electron chi connectivity index (χ0n) is 18.3. The molecule has 0 fully saturated rings. The van der Waals surface area contributed by atoms with Crippen LogP contribution in [0.15, 0.2) is 68.8 Å². The number of nitriles is 1. The number of hydrogen-bond acceptors (Lipinski definition) is 6. The highest BCUT2D eigenvalue weighted by molar-refractivity contribution is 8.03. The largest absolute Gasteiger partial charge is 0.465 e. The van der Waals surface area contributed by atoms with Crippen molar-refractivity contribution in [3.8, 4) is 6.07 Å². The van der Waals surface area contributed by atoms with Crippen LogP contribution in [0.3, 0.4) is 0 Å². The molecule has 2 aromatic rings. The zero-order valence-corrected chi connectivity index (χ0v) is 19.1. The van der Waals surface area contributed by atoms with Crippen LogP contribution >= 0.6 is 11.8 Å². The highest BCUT2D eigenvalue weighted by atomic mass is 32.2. The van der Waals surface area contributed by atoms with E-state index in [2.05, 4.69) is 30.6 Å². The molecular formula is C25H25N3O3S. The van der Waals surface area contributed by atoms with Gasteiger partial charge in [0.05, 0.1) is 28.3 Å². The molecule has 7 heteroatoms. The fraction of sp³-hybridized carbons (Fsp3) is 0.320.